The van der Waals surface area contributed by atoms with Crippen molar-refractivity contribution in [2.75, 3.05) is 13.7 Å². The highest BCUT2D eigenvalue weighted by Gasteiger charge is 2.09. The molecule has 5 nitrogen and oxygen atoms in total. The van der Waals surface area contributed by atoms with E-state index in [1.807, 2.05) is 37.3 Å². The summed E-state index contributed by atoms with van der Waals surface area (Å²) in [7, 11) is 1.62. The number of pyridine rings is 1. The Morgan fingerprint density at radius 2 is 2.17 bits per heavy atom. The van der Waals surface area contributed by atoms with Crippen LogP contribution in [0.1, 0.15) is 12.5 Å². The van der Waals surface area contributed by atoms with Gasteiger partial charge in [0.2, 0.25) is 5.91 Å². The van der Waals surface area contributed by atoms with Gasteiger partial charge in [-0.3, -0.25) is 9.78 Å². The molecule has 0 saturated heterocycles. The number of ether oxygens (including phenoxy) is 2. The molecule has 0 fully saturated rings. The summed E-state index contributed by atoms with van der Waals surface area (Å²) in [5, 5.41) is 2.71. The number of nitrogens with one attached hydrogen (secondary N) is 1. The first-order valence-electron chi connectivity index (χ1n) is 7.34. The average Bonchev–Trinajstić information content (AvgIpc) is 2.60. The van der Waals surface area contributed by atoms with Gasteiger partial charge in [0.05, 0.1) is 19.4 Å². The lowest BCUT2D eigenvalue weighted by atomic mass is 10.1. The van der Waals surface area contributed by atoms with Gasteiger partial charge in [0, 0.05) is 24.4 Å². The second kappa shape index (κ2) is 7.98. The number of carbonyl (C=O) groups is 1. The molecular formula is C18H20N2O3. The first kappa shape index (κ1) is 16.5. The van der Waals surface area contributed by atoms with E-state index in [-0.39, 0.29) is 5.91 Å². The van der Waals surface area contributed by atoms with Crippen LogP contribution >= 0.6 is 0 Å². The number of nitrogens with zero attached hydrogens (tertiary/aromatic N) is 1. The van der Waals surface area contributed by atoms with Gasteiger partial charge >= 0.3 is 0 Å². The Kier molecular flexibility index (Phi) is 5.74. The molecule has 0 aliphatic heterocycles. The van der Waals surface area contributed by atoms with Gasteiger partial charge < -0.3 is 14.8 Å². The largest absolute Gasteiger partial charge is 0.496 e. The van der Waals surface area contributed by atoms with E-state index in [1.54, 1.807) is 13.3 Å². The summed E-state index contributed by atoms with van der Waals surface area (Å²) >= 11 is 0. The zero-order chi connectivity index (χ0) is 16.7. The van der Waals surface area contributed by atoms with Gasteiger partial charge in [0.1, 0.15) is 11.5 Å². The Morgan fingerprint density at radius 1 is 1.35 bits per heavy atom. The number of carbonyl (C=O) groups excluding carboxylic acids is 1. The summed E-state index contributed by atoms with van der Waals surface area (Å²) in [6, 6.07) is 9.47. The van der Waals surface area contributed by atoms with E-state index in [1.165, 1.54) is 6.08 Å². The summed E-state index contributed by atoms with van der Waals surface area (Å²) in [6.07, 6.45) is 2.97. The Morgan fingerprint density at radius 3 is 2.78 bits per heavy atom. The fourth-order valence-corrected chi connectivity index (χ4v) is 2.09. The lowest BCUT2D eigenvalue weighted by molar-refractivity contribution is -0.116. The van der Waals surface area contributed by atoms with Crippen LogP contribution in [0.5, 0.6) is 11.5 Å². The zero-order valence-corrected chi connectivity index (χ0v) is 13.3. The third-order valence-electron chi connectivity index (χ3n) is 3.24. The maximum atomic E-state index is 11.2. The highest BCUT2D eigenvalue weighted by atomic mass is 16.5. The predicted molar refractivity (Wildman–Crippen MR) is 89.4 cm³/mol. The molecule has 0 aliphatic carbocycles. The topological polar surface area (TPSA) is 60.5 Å². The molecule has 0 aliphatic rings. The molecule has 1 N–H and O–H groups in total. The minimum atomic E-state index is -0.206. The van der Waals surface area contributed by atoms with E-state index < -0.39 is 0 Å². The number of benzene rings is 1. The van der Waals surface area contributed by atoms with Crippen LogP contribution in [-0.2, 0) is 11.3 Å². The van der Waals surface area contributed by atoms with Crippen molar-refractivity contribution in [1.82, 2.24) is 10.3 Å². The van der Waals surface area contributed by atoms with Gasteiger partial charge in [-0.1, -0.05) is 12.6 Å². The molecule has 2 rings (SSSR count). The van der Waals surface area contributed by atoms with Crippen molar-refractivity contribution in [3.8, 4) is 22.8 Å². The van der Waals surface area contributed by atoms with Crippen molar-refractivity contribution in [1.29, 1.82) is 0 Å². The van der Waals surface area contributed by atoms with E-state index in [4.69, 9.17) is 9.47 Å². The van der Waals surface area contributed by atoms with Crippen LogP contribution in [0.25, 0.3) is 11.3 Å². The number of hydrogen-bond acceptors (Lipinski definition) is 4. The van der Waals surface area contributed by atoms with Crippen molar-refractivity contribution >= 4 is 5.91 Å². The summed E-state index contributed by atoms with van der Waals surface area (Å²) in [5.41, 5.74) is 2.59. The predicted octanol–water partition coefficient (Wildman–Crippen LogP) is 2.96. The molecule has 0 bridgehead atoms. The molecule has 1 heterocycles. The van der Waals surface area contributed by atoms with Gasteiger partial charge in [0.15, 0.2) is 0 Å². The molecule has 0 atom stereocenters. The molecule has 0 unspecified atom stereocenters. The number of amides is 1. The SMILES string of the molecule is C=CC(=O)NCc1ccc(-c2ccc(OCC)cc2OC)nc1. The van der Waals surface area contributed by atoms with Crippen molar-refractivity contribution in [3.63, 3.8) is 0 Å². The monoisotopic (exact) mass is 312 g/mol. The number of hydrogen-bond donors (Lipinski definition) is 1. The van der Waals surface area contributed by atoms with Gasteiger partial charge in [0.25, 0.3) is 0 Å². The molecule has 0 radical (unpaired) electrons. The Hall–Kier alpha value is -2.82. The lowest BCUT2D eigenvalue weighted by Gasteiger charge is -2.11. The van der Waals surface area contributed by atoms with E-state index in [0.29, 0.717) is 18.9 Å². The zero-order valence-electron chi connectivity index (χ0n) is 13.3. The number of aromatic nitrogens is 1. The van der Waals surface area contributed by atoms with Crippen molar-refractivity contribution < 1.29 is 14.3 Å². The fraction of sp³-hybridized carbons (Fsp3) is 0.222. The van der Waals surface area contributed by atoms with Crippen LogP contribution in [0.15, 0.2) is 49.2 Å². The first-order chi connectivity index (χ1) is 11.2. The number of rotatable bonds is 7. The van der Waals surface area contributed by atoms with Crippen LogP contribution in [0.3, 0.4) is 0 Å². The molecule has 1 aromatic carbocycles. The maximum absolute atomic E-state index is 11.2. The number of methoxy groups -OCH3 is 1. The van der Waals surface area contributed by atoms with Gasteiger partial charge in [-0.25, -0.2) is 0 Å². The van der Waals surface area contributed by atoms with Crippen molar-refractivity contribution in [2.24, 2.45) is 0 Å². The lowest BCUT2D eigenvalue weighted by Crippen LogP contribution is -2.19. The Labute approximate surface area is 136 Å². The second-order valence-corrected chi connectivity index (χ2v) is 4.77. The van der Waals surface area contributed by atoms with Crippen LogP contribution < -0.4 is 14.8 Å². The summed E-state index contributed by atoms with van der Waals surface area (Å²) in [6.45, 7) is 6.37. The Bertz CT molecular complexity index is 681. The molecule has 1 aromatic heterocycles. The van der Waals surface area contributed by atoms with Crippen LogP contribution in [0.4, 0.5) is 0 Å². The molecule has 23 heavy (non-hydrogen) atoms. The molecule has 5 heteroatoms. The van der Waals surface area contributed by atoms with Gasteiger partial charge in [-0.05, 0) is 36.8 Å². The smallest absolute Gasteiger partial charge is 0.243 e. The molecule has 1 amide bonds. The van der Waals surface area contributed by atoms with Crippen LogP contribution in [0.2, 0.25) is 0 Å². The minimum Gasteiger partial charge on any atom is -0.496 e. The summed E-state index contributed by atoms with van der Waals surface area (Å²) in [5.74, 6) is 1.26. The summed E-state index contributed by atoms with van der Waals surface area (Å²) < 4.78 is 10.9. The fourth-order valence-electron chi connectivity index (χ4n) is 2.09. The average molecular weight is 312 g/mol. The van der Waals surface area contributed by atoms with E-state index in [9.17, 15) is 4.79 Å². The van der Waals surface area contributed by atoms with E-state index in [0.717, 1.165) is 22.6 Å². The highest BCUT2D eigenvalue weighted by Crippen LogP contribution is 2.32. The normalized spacial score (nSPS) is 10.0. The molecule has 0 spiro atoms. The van der Waals surface area contributed by atoms with Gasteiger partial charge in [-0.15, -0.1) is 0 Å². The highest BCUT2D eigenvalue weighted by molar-refractivity contribution is 5.86. The maximum Gasteiger partial charge on any atom is 0.243 e. The molecule has 0 saturated carbocycles. The third-order valence-corrected chi connectivity index (χ3v) is 3.24. The molecular weight excluding hydrogens is 292 g/mol. The second-order valence-electron chi connectivity index (χ2n) is 4.77. The van der Waals surface area contributed by atoms with Gasteiger partial charge in [-0.2, -0.15) is 0 Å². The third kappa shape index (κ3) is 4.32. The van der Waals surface area contributed by atoms with Crippen LogP contribution in [0, 0.1) is 0 Å². The van der Waals surface area contributed by atoms with Crippen molar-refractivity contribution in [2.45, 2.75) is 13.5 Å². The summed E-state index contributed by atoms with van der Waals surface area (Å²) in [4.78, 5) is 15.6. The van der Waals surface area contributed by atoms with Crippen LogP contribution in [-0.4, -0.2) is 24.6 Å². The van der Waals surface area contributed by atoms with Crippen molar-refractivity contribution in [3.05, 3.63) is 54.7 Å². The standard InChI is InChI=1S/C18H20N2O3/c1-4-18(21)20-12-13-6-9-16(19-11-13)15-8-7-14(23-5-2)10-17(15)22-3/h4,6-11H,1,5,12H2,2-3H3,(H,20,21). The van der Waals surface area contributed by atoms with E-state index in [2.05, 4.69) is 16.9 Å². The Balaban J connectivity index is 2.18. The first-order valence-corrected chi connectivity index (χ1v) is 7.34. The molecule has 2 aromatic rings. The minimum absolute atomic E-state index is 0.206. The quantitative estimate of drug-likeness (QED) is 0.799. The molecule has 120 valence electrons. The van der Waals surface area contributed by atoms with E-state index >= 15 is 0 Å².